The van der Waals surface area contributed by atoms with Crippen molar-refractivity contribution in [1.29, 1.82) is 0 Å². The second-order valence-corrected chi connectivity index (χ2v) is 4.95. The van der Waals surface area contributed by atoms with Crippen molar-refractivity contribution >= 4 is 0 Å². The topological polar surface area (TPSA) is 12.0 Å². The summed E-state index contributed by atoms with van der Waals surface area (Å²) in [5.74, 6) is -0.999. The summed E-state index contributed by atoms with van der Waals surface area (Å²) < 4.78 is 26.5. The molecule has 0 bridgehead atoms. The first-order chi connectivity index (χ1) is 9.69. The van der Waals surface area contributed by atoms with Gasteiger partial charge in [-0.15, -0.1) is 0 Å². The standard InChI is InChI=1S/C17H19F2N/c1-20-16(10-7-13-5-3-2-4-6-13)11-14-8-9-15(18)12-17(14)19/h2-6,8-9,12,16,20H,7,10-11H2,1H3. The first-order valence-corrected chi connectivity index (χ1v) is 6.84. The lowest BCUT2D eigenvalue weighted by atomic mass is 9.99. The third-order valence-corrected chi connectivity index (χ3v) is 3.51. The summed E-state index contributed by atoms with van der Waals surface area (Å²) in [7, 11) is 1.87. The highest BCUT2D eigenvalue weighted by Crippen LogP contribution is 2.14. The van der Waals surface area contributed by atoms with Gasteiger partial charge in [0.05, 0.1) is 0 Å². The Morgan fingerprint density at radius 2 is 1.80 bits per heavy atom. The predicted octanol–water partition coefficient (Wildman–Crippen LogP) is 3.73. The summed E-state index contributed by atoms with van der Waals surface area (Å²) in [6, 6.07) is 14.2. The zero-order chi connectivity index (χ0) is 14.4. The number of halogens is 2. The lowest BCUT2D eigenvalue weighted by molar-refractivity contribution is 0.500. The van der Waals surface area contributed by atoms with Gasteiger partial charge in [-0.2, -0.15) is 0 Å². The molecule has 0 fully saturated rings. The van der Waals surface area contributed by atoms with Crippen molar-refractivity contribution in [3.8, 4) is 0 Å². The van der Waals surface area contributed by atoms with Crippen LogP contribution in [0.15, 0.2) is 48.5 Å². The Bertz CT molecular complexity index is 540. The maximum Gasteiger partial charge on any atom is 0.129 e. The number of hydrogen-bond acceptors (Lipinski definition) is 1. The number of aryl methyl sites for hydroxylation is 1. The van der Waals surface area contributed by atoms with Crippen molar-refractivity contribution in [2.24, 2.45) is 0 Å². The van der Waals surface area contributed by atoms with Crippen molar-refractivity contribution in [2.45, 2.75) is 25.3 Å². The summed E-state index contributed by atoms with van der Waals surface area (Å²) in [5, 5.41) is 3.20. The molecule has 0 saturated heterocycles. The average Bonchev–Trinajstić information content (AvgIpc) is 2.46. The van der Waals surface area contributed by atoms with E-state index in [1.807, 2.05) is 25.2 Å². The van der Waals surface area contributed by atoms with Crippen LogP contribution < -0.4 is 5.32 Å². The van der Waals surface area contributed by atoms with Crippen LogP contribution in [0.2, 0.25) is 0 Å². The van der Waals surface area contributed by atoms with Crippen molar-refractivity contribution in [1.82, 2.24) is 5.32 Å². The number of benzene rings is 2. The molecule has 0 aromatic heterocycles. The van der Waals surface area contributed by atoms with Gasteiger partial charge < -0.3 is 5.32 Å². The minimum Gasteiger partial charge on any atom is -0.317 e. The Morgan fingerprint density at radius 3 is 2.45 bits per heavy atom. The maximum absolute atomic E-state index is 13.6. The fourth-order valence-electron chi connectivity index (χ4n) is 2.29. The van der Waals surface area contributed by atoms with Gasteiger partial charge in [0.25, 0.3) is 0 Å². The smallest absolute Gasteiger partial charge is 0.129 e. The van der Waals surface area contributed by atoms with E-state index in [1.54, 1.807) is 0 Å². The molecule has 0 aliphatic rings. The second-order valence-electron chi connectivity index (χ2n) is 4.95. The van der Waals surface area contributed by atoms with E-state index < -0.39 is 11.6 Å². The SMILES string of the molecule is CNC(CCc1ccccc1)Cc1ccc(F)cc1F. The number of nitrogens with one attached hydrogen (secondary N) is 1. The molecule has 0 spiro atoms. The van der Waals surface area contributed by atoms with Crippen LogP contribution in [0.4, 0.5) is 8.78 Å². The first-order valence-electron chi connectivity index (χ1n) is 6.84. The van der Waals surface area contributed by atoms with Crippen molar-refractivity contribution in [2.75, 3.05) is 7.05 Å². The van der Waals surface area contributed by atoms with Crippen LogP contribution in [0.3, 0.4) is 0 Å². The predicted molar refractivity (Wildman–Crippen MR) is 77.7 cm³/mol. The van der Waals surface area contributed by atoms with E-state index in [9.17, 15) is 8.78 Å². The molecule has 0 radical (unpaired) electrons. The van der Waals surface area contributed by atoms with Crippen LogP contribution in [0, 0.1) is 11.6 Å². The van der Waals surface area contributed by atoms with E-state index in [2.05, 4.69) is 17.4 Å². The third-order valence-electron chi connectivity index (χ3n) is 3.51. The highest BCUT2D eigenvalue weighted by atomic mass is 19.1. The van der Waals surface area contributed by atoms with Crippen LogP contribution >= 0.6 is 0 Å². The summed E-state index contributed by atoms with van der Waals surface area (Å²) in [4.78, 5) is 0. The Labute approximate surface area is 118 Å². The van der Waals surface area contributed by atoms with Crippen LogP contribution in [0.5, 0.6) is 0 Å². The molecule has 0 aliphatic heterocycles. The summed E-state index contributed by atoms with van der Waals surface area (Å²) in [6.45, 7) is 0. The van der Waals surface area contributed by atoms with Gasteiger partial charge in [0.1, 0.15) is 11.6 Å². The van der Waals surface area contributed by atoms with E-state index in [4.69, 9.17) is 0 Å². The van der Waals surface area contributed by atoms with Gasteiger partial charge in [-0.05, 0) is 43.5 Å². The Morgan fingerprint density at radius 1 is 1.05 bits per heavy atom. The zero-order valence-corrected chi connectivity index (χ0v) is 11.6. The molecule has 3 heteroatoms. The molecular weight excluding hydrogens is 256 g/mol. The van der Waals surface area contributed by atoms with E-state index in [0.29, 0.717) is 12.0 Å². The molecule has 0 aliphatic carbocycles. The Hall–Kier alpha value is -1.74. The average molecular weight is 275 g/mol. The molecule has 1 nitrogen and oxygen atoms in total. The first kappa shape index (κ1) is 14.7. The van der Waals surface area contributed by atoms with Gasteiger partial charge in [0, 0.05) is 12.1 Å². The van der Waals surface area contributed by atoms with E-state index in [1.165, 1.54) is 17.7 Å². The van der Waals surface area contributed by atoms with Crippen LogP contribution in [-0.4, -0.2) is 13.1 Å². The van der Waals surface area contributed by atoms with Crippen LogP contribution in [-0.2, 0) is 12.8 Å². The van der Waals surface area contributed by atoms with E-state index in [-0.39, 0.29) is 6.04 Å². The molecule has 106 valence electrons. The van der Waals surface area contributed by atoms with Gasteiger partial charge in [-0.25, -0.2) is 8.78 Å². The highest BCUT2D eigenvalue weighted by molar-refractivity contribution is 5.20. The Balaban J connectivity index is 1.95. The lowest BCUT2D eigenvalue weighted by Crippen LogP contribution is -2.28. The quantitative estimate of drug-likeness (QED) is 0.847. The molecule has 0 amide bonds. The molecular formula is C17H19F2N. The molecule has 2 aromatic rings. The van der Waals surface area contributed by atoms with Gasteiger partial charge in [0.2, 0.25) is 0 Å². The van der Waals surface area contributed by atoms with Gasteiger partial charge in [-0.1, -0.05) is 36.4 Å². The highest BCUT2D eigenvalue weighted by Gasteiger charge is 2.11. The summed E-state index contributed by atoms with van der Waals surface area (Å²) >= 11 is 0. The second kappa shape index (κ2) is 7.15. The van der Waals surface area contributed by atoms with Gasteiger partial charge in [0.15, 0.2) is 0 Å². The molecule has 0 heterocycles. The largest absolute Gasteiger partial charge is 0.317 e. The normalized spacial score (nSPS) is 12.3. The van der Waals surface area contributed by atoms with Crippen LogP contribution in [0.25, 0.3) is 0 Å². The molecule has 1 N–H and O–H groups in total. The van der Waals surface area contributed by atoms with E-state index in [0.717, 1.165) is 18.9 Å². The summed E-state index contributed by atoms with van der Waals surface area (Å²) in [5.41, 5.74) is 1.83. The summed E-state index contributed by atoms with van der Waals surface area (Å²) in [6.07, 6.45) is 2.42. The molecule has 20 heavy (non-hydrogen) atoms. The number of rotatable bonds is 6. The third kappa shape index (κ3) is 4.14. The van der Waals surface area contributed by atoms with Crippen molar-refractivity contribution in [3.63, 3.8) is 0 Å². The Kier molecular flexibility index (Phi) is 5.24. The lowest BCUT2D eigenvalue weighted by Gasteiger charge is -2.16. The molecule has 1 unspecified atom stereocenters. The van der Waals surface area contributed by atoms with Gasteiger partial charge in [-0.3, -0.25) is 0 Å². The fraction of sp³-hybridized carbons (Fsp3) is 0.294. The van der Waals surface area contributed by atoms with Gasteiger partial charge >= 0.3 is 0 Å². The number of hydrogen-bond donors (Lipinski definition) is 1. The molecule has 0 saturated carbocycles. The zero-order valence-electron chi connectivity index (χ0n) is 11.6. The minimum absolute atomic E-state index is 0.176. The monoisotopic (exact) mass is 275 g/mol. The molecule has 2 aromatic carbocycles. The van der Waals surface area contributed by atoms with Crippen molar-refractivity contribution < 1.29 is 8.78 Å². The molecule has 2 rings (SSSR count). The van der Waals surface area contributed by atoms with E-state index >= 15 is 0 Å². The minimum atomic E-state index is -0.531. The number of likely N-dealkylation sites (N-methyl/N-ethyl adjacent to an activating group) is 1. The fourth-order valence-corrected chi connectivity index (χ4v) is 2.29. The van der Waals surface area contributed by atoms with Crippen molar-refractivity contribution in [3.05, 3.63) is 71.3 Å². The molecule has 1 atom stereocenters. The maximum atomic E-state index is 13.6. The van der Waals surface area contributed by atoms with Crippen LogP contribution in [0.1, 0.15) is 17.5 Å².